The van der Waals surface area contributed by atoms with Gasteiger partial charge in [-0.15, -0.1) is 0 Å². The van der Waals surface area contributed by atoms with Crippen molar-refractivity contribution < 1.29 is 9.59 Å². The molecule has 2 amide bonds. The molecule has 0 bridgehead atoms. The minimum absolute atomic E-state index is 0.0545. The van der Waals surface area contributed by atoms with Crippen molar-refractivity contribution in [2.75, 3.05) is 18.4 Å². The normalized spacial score (nSPS) is 13.0. The second-order valence-corrected chi connectivity index (χ2v) is 7.84. The lowest BCUT2D eigenvalue weighted by Gasteiger charge is -2.15. The van der Waals surface area contributed by atoms with Gasteiger partial charge in [-0.1, -0.05) is 42.5 Å². The first-order valence-electron chi connectivity index (χ1n) is 10.3. The standard InChI is InChI=1S/C25H23N3O2S/c29-23(20-10-8-19(9-11-20)18-6-2-1-3-7-18)27-25(31)26-22-14-12-21(13-15-22)24(30)28-16-4-5-17-28/h1-3,6-15H,4-5,16-17H2,(H2,26,27,29,31). The number of nitrogens with zero attached hydrogens (tertiary/aromatic N) is 1. The Balaban J connectivity index is 1.33. The third-order valence-electron chi connectivity index (χ3n) is 5.26. The van der Waals surface area contributed by atoms with Gasteiger partial charge in [-0.2, -0.15) is 0 Å². The lowest BCUT2D eigenvalue weighted by Crippen LogP contribution is -2.34. The topological polar surface area (TPSA) is 61.4 Å². The summed E-state index contributed by atoms with van der Waals surface area (Å²) in [4.78, 5) is 26.8. The van der Waals surface area contributed by atoms with E-state index in [4.69, 9.17) is 12.2 Å². The average Bonchev–Trinajstić information content (AvgIpc) is 3.35. The number of hydrogen-bond donors (Lipinski definition) is 2. The molecule has 1 fully saturated rings. The molecular formula is C25H23N3O2S. The van der Waals surface area contributed by atoms with E-state index in [-0.39, 0.29) is 16.9 Å². The summed E-state index contributed by atoms with van der Waals surface area (Å²) in [5, 5.41) is 5.89. The van der Waals surface area contributed by atoms with E-state index in [1.54, 1.807) is 36.4 Å². The van der Waals surface area contributed by atoms with Crippen molar-refractivity contribution in [1.29, 1.82) is 0 Å². The van der Waals surface area contributed by atoms with Crippen molar-refractivity contribution in [3.63, 3.8) is 0 Å². The van der Waals surface area contributed by atoms with Crippen molar-refractivity contribution in [3.8, 4) is 11.1 Å². The zero-order valence-electron chi connectivity index (χ0n) is 17.0. The maximum atomic E-state index is 12.5. The summed E-state index contributed by atoms with van der Waals surface area (Å²) < 4.78 is 0. The van der Waals surface area contributed by atoms with Gasteiger partial charge < -0.3 is 10.2 Å². The Bertz CT molecular complexity index is 1070. The molecule has 0 radical (unpaired) electrons. The largest absolute Gasteiger partial charge is 0.339 e. The van der Waals surface area contributed by atoms with Crippen LogP contribution < -0.4 is 10.6 Å². The molecule has 3 aromatic rings. The van der Waals surface area contributed by atoms with E-state index in [9.17, 15) is 9.59 Å². The number of anilines is 1. The molecule has 0 unspecified atom stereocenters. The molecule has 0 atom stereocenters. The van der Waals surface area contributed by atoms with Crippen LogP contribution in [0.1, 0.15) is 33.6 Å². The summed E-state index contributed by atoms with van der Waals surface area (Å²) in [6.45, 7) is 1.64. The van der Waals surface area contributed by atoms with E-state index in [0.717, 1.165) is 37.1 Å². The number of carbonyl (C=O) groups excluding carboxylic acids is 2. The summed E-state index contributed by atoms with van der Waals surface area (Å²) in [5.74, 6) is -0.225. The third kappa shape index (κ3) is 5.16. The van der Waals surface area contributed by atoms with Crippen LogP contribution in [0.4, 0.5) is 5.69 Å². The molecule has 1 aliphatic rings. The van der Waals surface area contributed by atoms with E-state index in [1.165, 1.54) is 0 Å². The molecule has 3 aromatic carbocycles. The second-order valence-electron chi connectivity index (χ2n) is 7.43. The highest BCUT2D eigenvalue weighted by molar-refractivity contribution is 7.80. The maximum absolute atomic E-state index is 12.5. The second kappa shape index (κ2) is 9.53. The highest BCUT2D eigenvalue weighted by Gasteiger charge is 2.19. The van der Waals surface area contributed by atoms with Crippen LogP contribution in [0.2, 0.25) is 0 Å². The monoisotopic (exact) mass is 429 g/mol. The Hall–Kier alpha value is -3.51. The van der Waals surface area contributed by atoms with Gasteiger partial charge in [-0.25, -0.2) is 0 Å². The number of amides is 2. The maximum Gasteiger partial charge on any atom is 0.257 e. The van der Waals surface area contributed by atoms with Crippen molar-refractivity contribution in [1.82, 2.24) is 10.2 Å². The van der Waals surface area contributed by atoms with Crippen LogP contribution in [0.25, 0.3) is 11.1 Å². The van der Waals surface area contributed by atoms with Crippen LogP contribution in [0.3, 0.4) is 0 Å². The van der Waals surface area contributed by atoms with Gasteiger partial charge in [-0.05, 0) is 72.6 Å². The SMILES string of the molecule is O=C(NC(=S)Nc1ccc(C(=O)N2CCCC2)cc1)c1ccc(-c2ccccc2)cc1. The first-order chi connectivity index (χ1) is 15.1. The highest BCUT2D eigenvalue weighted by Crippen LogP contribution is 2.19. The zero-order chi connectivity index (χ0) is 21.6. The molecule has 1 heterocycles. The molecule has 1 saturated heterocycles. The van der Waals surface area contributed by atoms with Crippen LogP contribution >= 0.6 is 12.2 Å². The fourth-order valence-electron chi connectivity index (χ4n) is 3.58. The number of carbonyl (C=O) groups is 2. The van der Waals surface area contributed by atoms with Crippen LogP contribution in [0.15, 0.2) is 78.9 Å². The average molecular weight is 430 g/mol. The minimum Gasteiger partial charge on any atom is -0.339 e. The molecule has 6 heteroatoms. The van der Waals surface area contributed by atoms with E-state index >= 15 is 0 Å². The summed E-state index contributed by atoms with van der Waals surface area (Å²) in [7, 11) is 0. The van der Waals surface area contributed by atoms with E-state index < -0.39 is 0 Å². The molecule has 0 saturated carbocycles. The van der Waals surface area contributed by atoms with Gasteiger partial charge in [0.2, 0.25) is 0 Å². The smallest absolute Gasteiger partial charge is 0.257 e. The Labute approximate surface area is 187 Å². The zero-order valence-corrected chi connectivity index (χ0v) is 17.8. The molecule has 4 rings (SSSR count). The summed E-state index contributed by atoms with van der Waals surface area (Å²) in [6, 6.07) is 24.5. The van der Waals surface area contributed by atoms with E-state index in [2.05, 4.69) is 10.6 Å². The molecule has 0 aliphatic carbocycles. The molecule has 31 heavy (non-hydrogen) atoms. The molecule has 2 N–H and O–H groups in total. The fraction of sp³-hybridized carbons (Fsp3) is 0.160. The molecule has 156 valence electrons. The van der Waals surface area contributed by atoms with Gasteiger partial charge in [0.1, 0.15) is 0 Å². The highest BCUT2D eigenvalue weighted by atomic mass is 32.1. The van der Waals surface area contributed by atoms with Crippen LogP contribution in [0, 0.1) is 0 Å². The van der Waals surface area contributed by atoms with Gasteiger partial charge in [0.25, 0.3) is 11.8 Å². The fourth-order valence-corrected chi connectivity index (χ4v) is 3.79. The number of thiocarbonyl (C=S) groups is 1. The first kappa shape index (κ1) is 20.8. The number of benzene rings is 3. The lowest BCUT2D eigenvalue weighted by atomic mass is 10.0. The lowest BCUT2D eigenvalue weighted by molar-refractivity contribution is 0.0792. The molecule has 0 aromatic heterocycles. The van der Waals surface area contributed by atoms with Gasteiger partial charge >= 0.3 is 0 Å². The minimum atomic E-state index is -0.280. The number of nitrogens with one attached hydrogen (secondary N) is 2. The van der Waals surface area contributed by atoms with Crippen molar-refractivity contribution >= 4 is 34.8 Å². The van der Waals surface area contributed by atoms with Gasteiger partial charge in [-0.3, -0.25) is 14.9 Å². The summed E-state index contributed by atoms with van der Waals surface area (Å²) in [6.07, 6.45) is 2.13. The molecule has 0 spiro atoms. The Kier molecular flexibility index (Phi) is 6.38. The number of likely N-dealkylation sites (tertiary alicyclic amines) is 1. The Morgan fingerprint density at radius 2 is 1.32 bits per heavy atom. The van der Waals surface area contributed by atoms with E-state index in [0.29, 0.717) is 16.8 Å². The number of rotatable bonds is 4. The van der Waals surface area contributed by atoms with Gasteiger partial charge in [0.05, 0.1) is 0 Å². The molecule has 1 aliphatic heterocycles. The Morgan fingerprint density at radius 1 is 0.742 bits per heavy atom. The summed E-state index contributed by atoms with van der Waals surface area (Å²) in [5.41, 5.74) is 4.03. The Morgan fingerprint density at radius 3 is 1.97 bits per heavy atom. The van der Waals surface area contributed by atoms with E-state index in [1.807, 2.05) is 47.4 Å². The van der Waals surface area contributed by atoms with Gasteiger partial charge in [0, 0.05) is 29.9 Å². The summed E-state index contributed by atoms with van der Waals surface area (Å²) >= 11 is 5.27. The van der Waals surface area contributed by atoms with Gasteiger partial charge in [0.15, 0.2) is 5.11 Å². The first-order valence-corrected chi connectivity index (χ1v) is 10.7. The molecule has 5 nitrogen and oxygen atoms in total. The third-order valence-corrected chi connectivity index (χ3v) is 5.47. The van der Waals surface area contributed by atoms with Crippen molar-refractivity contribution in [3.05, 3.63) is 90.0 Å². The van der Waals surface area contributed by atoms with Crippen LogP contribution in [-0.4, -0.2) is 34.9 Å². The predicted molar refractivity (Wildman–Crippen MR) is 127 cm³/mol. The van der Waals surface area contributed by atoms with Crippen LogP contribution in [0.5, 0.6) is 0 Å². The quantitative estimate of drug-likeness (QED) is 0.590. The van der Waals surface area contributed by atoms with Crippen molar-refractivity contribution in [2.24, 2.45) is 0 Å². The van der Waals surface area contributed by atoms with Crippen molar-refractivity contribution in [2.45, 2.75) is 12.8 Å². The van der Waals surface area contributed by atoms with Crippen LogP contribution in [-0.2, 0) is 0 Å². The number of hydrogen-bond acceptors (Lipinski definition) is 3. The molecular weight excluding hydrogens is 406 g/mol. The predicted octanol–water partition coefficient (Wildman–Crippen LogP) is 4.72.